The van der Waals surface area contributed by atoms with Crippen molar-refractivity contribution in [1.29, 1.82) is 0 Å². The third-order valence-corrected chi connectivity index (χ3v) is 8.38. The predicted octanol–water partition coefficient (Wildman–Crippen LogP) is 10.2. The number of amides is 1. The summed E-state index contributed by atoms with van der Waals surface area (Å²) in [7, 11) is 0. The number of hydrogen-bond donors (Lipinski definition) is 2. The number of ether oxygens (including phenoxy) is 1. The van der Waals surface area contributed by atoms with E-state index in [0.29, 0.717) is 23.8 Å². The van der Waals surface area contributed by atoms with E-state index in [9.17, 15) is 14.4 Å². The molecule has 0 aromatic heterocycles. The van der Waals surface area contributed by atoms with Crippen LogP contribution in [0.25, 0.3) is 11.1 Å². The molecule has 0 aliphatic heterocycles. The molecular formula is C40H56N2O6. The van der Waals surface area contributed by atoms with E-state index < -0.39 is 17.5 Å². The Hall–Kier alpha value is -4.46. The highest BCUT2D eigenvalue weighted by Crippen LogP contribution is 2.24. The fourth-order valence-electron chi connectivity index (χ4n) is 3.91. The van der Waals surface area contributed by atoms with Crippen LogP contribution in [0.4, 0.5) is 4.79 Å². The third-order valence-electron chi connectivity index (χ3n) is 8.38. The van der Waals surface area contributed by atoms with E-state index in [0.717, 1.165) is 18.6 Å². The number of rotatable bonds is 13. The van der Waals surface area contributed by atoms with Crippen molar-refractivity contribution in [3.05, 3.63) is 95.6 Å². The summed E-state index contributed by atoms with van der Waals surface area (Å²) in [6.45, 7) is 18.3. The predicted molar refractivity (Wildman–Crippen MR) is 196 cm³/mol. The van der Waals surface area contributed by atoms with Gasteiger partial charge in [0.15, 0.2) is 0 Å². The number of benzene rings is 3. The summed E-state index contributed by atoms with van der Waals surface area (Å²) in [6.07, 6.45) is 3.04. The van der Waals surface area contributed by atoms with Crippen LogP contribution in [0.3, 0.4) is 0 Å². The third kappa shape index (κ3) is 15.4. The first-order valence-corrected chi connectivity index (χ1v) is 16.9. The van der Waals surface area contributed by atoms with Crippen molar-refractivity contribution in [3.63, 3.8) is 0 Å². The molecule has 8 nitrogen and oxygen atoms in total. The Morgan fingerprint density at radius 2 is 1.29 bits per heavy atom. The van der Waals surface area contributed by atoms with Crippen LogP contribution in [-0.4, -0.2) is 42.0 Å². The molecule has 1 amide bonds. The standard InChI is InChI=1S/C16H18.C13H24N2O4.C11H14O2/c1-3-13(2)14-9-11-16(12-10-14)15-7-5-4-6-8-15;1-6-10(3)15-19-12(17)14-8-9-18-11(16)13(4,5)7-2;1-3-8(2)9-4-6-10(7-5-9)11(12)13/h4-13H,3H2,1-2H3;6-9H2,1-5H3,(H,14,17);4-8H,3H2,1-2H3,(H,12,13)/b;15-10-;. The largest absolute Gasteiger partial charge is 0.478 e. The van der Waals surface area contributed by atoms with Gasteiger partial charge >= 0.3 is 18.0 Å². The molecule has 3 aromatic rings. The number of hydrogen-bond acceptors (Lipinski definition) is 6. The first-order valence-electron chi connectivity index (χ1n) is 16.9. The summed E-state index contributed by atoms with van der Waals surface area (Å²) in [6, 6.07) is 26.5. The highest BCUT2D eigenvalue weighted by molar-refractivity contribution is 5.87. The maximum Gasteiger partial charge on any atom is 0.433 e. The quantitative estimate of drug-likeness (QED) is 0.0620. The average molecular weight is 661 g/mol. The summed E-state index contributed by atoms with van der Waals surface area (Å²) < 4.78 is 5.05. The molecule has 2 atom stereocenters. The number of carboxylic acid groups (broad SMARTS) is 1. The van der Waals surface area contributed by atoms with Crippen molar-refractivity contribution in [2.24, 2.45) is 10.6 Å². The molecule has 0 saturated heterocycles. The molecule has 0 bridgehead atoms. The van der Waals surface area contributed by atoms with Gasteiger partial charge in [-0.3, -0.25) is 9.63 Å². The van der Waals surface area contributed by atoms with Crippen molar-refractivity contribution in [1.82, 2.24) is 5.32 Å². The van der Waals surface area contributed by atoms with E-state index in [1.165, 1.54) is 28.7 Å². The van der Waals surface area contributed by atoms with Gasteiger partial charge in [0, 0.05) is 0 Å². The summed E-state index contributed by atoms with van der Waals surface area (Å²) >= 11 is 0. The zero-order valence-corrected chi connectivity index (χ0v) is 30.3. The smallest absolute Gasteiger partial charge is 0.433 e. The van der Waals surface area contributed by atoms with E-state index in [-0.39, 0.29) is 19.1 Å². The number of carboxylic acids is 1. The number of esters is 1. The second-order valence-corrected chi connectivity index (χ2v) is 12.4. The maximum absolute atomic E-state index is 11.6. The van der Waals surface area contributed by atoms with Crippen LogP contribution in [-0.2, 0) is 14.4 Å². The molecule has 0 saturated carbocycles. The Labute approximate surface area is 287 Å². The van der Waals surface area contributed by atoms with Crippen LogP contribution in [0.1, 0.15) is 121 Å². The Bertz CT molecular complexity index is 1400. The van der Waals surface area contributed by atoms with Gasteiger partial charge in [-0.15, -0.1) is 0 Å². The number of oxime groups is 1. The van der Waals surface area contributed by atoms with Crippen LogP contribution in [0, 0.1) is 5.41 Å². The molecule has 262 valence electrons. The second-order valence-electron chi connectivity index (χ2n) is 12.4. The topological polar surface area (TPSA) is 114 Å². The molecule has 3 aromatic carbocycles. The van der Waals surface area contributed by atoms with E-state index in [4.69, 9.17) is 9.84 Å². The van der Waals surface area contributed by atoms with Crippen LogP contribution in [0.2, 0.25) is 0 Å². The van der Waals surface area contributed by atoms with Gasteiger partial charge in [0.25, 0.3) is 0 Å². The maximum atomic E-state index is 11.6. The van der Waals surface area contributed by atoms with Crippen LogP contribution >= 0.6 is 0 Å². The molecule has 48 heavy (non-hydrogen) atoms. The van der Waals surface area contributed by atoms with Crippen LogP contribution in [0.5, 0.6) is 0 Å². The summed E-state index contributed by atoms with van der Waals surface area (Å²) in [5.41, 5.74) is 5.81. The minimum atomic E-state index is -0.865. The summed E-state index contributed by atoms with van der Waals surface area (Å²) in [4.78, 5) is 37.9. The van der Waals surface area contributed by atoms with Crippen LogP contribution < -0.4 is 5.32 Å². The van der Waals surface area contributed by atoms with Gasteiger partial charge in [0.05, 0.1) is 23.2 Å². The molecule has 0 aliphatic rings. The summed E-state index contributed by atoms with van der Waals surface area (Å²) in [5, 5.41) is 14.7. The molecular weight excluding hydrogens is 604 g/mol. The lowest BCUT2D eigenvalue weighted by molar-refractivity contribution is -0.153. The zero-order valence-electron chi connectivity index (χ0n) is 30.3. The average Bonchev–Trinajstić information content (AvgIpc) is 3.12. The van der Waals surface area contributed by atoms with Crippen molar-refractivity contribution in [2.75, 3.05) is 13.2 Å². The highest BCUT2D eigenvalue weighted by atomic mass is 16.7. The molecule has 3 rings (SSSR count). The number of nitrogens with zero attached hydrogens (tertiary/aromatic N) is 1. The Balaban J connectivity index is 0.000000366. The van der Waals surface area contributed by atoms with Crippen molar-refractivity contribution < 1.29 is 29.1 Å². The Kier molecular flexibility index (Phi) is 19.2. The Morgan fingerprint density at radius 1 is 0.792 bits per heavy atom. The van der Waals surface area contributed by atoms with E-state index in [2.05, 4.69) is 97.6 Å². The van der Waals surface area contributed by atoms with Crippen molar-refractivity contribution in [2.45, 2.75) is 99.8 Å². The first kappa shape index (κ1) is 41.6. The number of carbonyl (C=O) groups excluding carboxylic acids is 2. The van der Waals surface area contributed by atoms with Gasteiger partial charge in [-0.2, -0.15) is 0 Å². The molecule has 0 fully saturated rings. The first-order chi connectivity index (χ1) is 22.8. The molecule has 0 aliphatic carbocycles. The lowest BCUT2D eigenvalue weighted by Crippen LogP contribution is -2.31. The molecule has 2 unspecified atom stereocenters. The Morgan fingerprint density at radius 3 is 1.75 bits per heavy atom. The SMILES string of the molecule is CC/C(C)=N\OC(=O)NCCOC(=O)C(C)(C)CC.CCC(C)c1ccc(-c2ccccc2)cc1.CCC(C)c1ccc(C(=O)O)cc1. The molecule has 2 N–H and O–H groups in total. The van der Waals surface area contributed by atoms with Crippen LogP contribution in [0.15, 0.2) is 84.0 Å². The molecule has 0 radical (unpaired) electrons. The van der Waals surface area contributed by atoms with E-state index in [1.54, 1.807) is 19.1 Å². The minimum Gasteiger partial charge on any atom is -0.478 e. The van der Waals surface area contributed by atoms with Crippen molar-refractivity contribution in [3.8, 4) is 11.1 Å². The molecule has 8 heteroatoms. The van der Waals surface area contributed by atoms with E-state index in [1.807, 2.05) is 39.8 Å². The minimum absolute atomic E-state index is 0.119. The number of nitrogens with one attached hydrogen (secondary N) is 1. The van der Waals surface area contributed by atoms with Gasteiger partial charge < -0.3 is 15.2 Å². The van der Waals surface area contributed by atoms with Crippen molar-refractivity contribution >= 4 is 23.7 Å². The number of carbonyl (C=O) groups is 3. The van der Waals surface area contributed by atoms with Gasteiger partial charge in [-0.1, -0.05) is 113 Å². The zero-order chi connectivity index (χ0) is 36.1. The highest BCUT2D eigenvalue weighted by Gasteiger charge is 2.26. The lowest BCUT2D eigenvalue weighted by atomic mass is 9.91. The van der Waals surface area contributed by atoms with Gasteiger partial charge in [-0.05, 0) is 92.7 Å². The molecule has 0 heterocycles. The van der Waals surface area contributed by atoms with Gasteiger partial charge in [-0.25, -0.2) is 9.59 Å². The van der Waals surface area contributed by atoms with Gasteiger partial charge in [0.1, 0.15) is 6.61 Å². The fraction of sp³-hybridized carbons (Fsp3) is 0.450. The lowest BCUT2D eigenvalue weighted by Gasteiger charge is -2.20. The fourth-order valence-corrected chi connectivity index (χ4v) is 3.91. The second kappa shape index (κ2) is 22.2. The van der Waals surface area contributed by atoms with E-state index >= 15 is 0 Å². The normalized spacial score (nSPS) is 12.2. The number of aromatic carboxylic acids is 1. The summed E-state index contributed by atoms with van der Waals surface area (Å²) in [5.74, 6) is 0.0217. The monoisotopic (exact) mass is 660 g/mol. The van der Waals surface area contributed by atoms with Gasteiger partial charge in [0.2, 0.25) is 0 Å². The molecule has 0 spiro atoms.